The number of benzene rings is 3. The standard InChI is InChI=1S/C30H33ClF3N3O4S/c1-4-21(3)35-29(39)26(5-2)36(19-22-12-8-6-9-13-22)28(38)20-37(42(40,41)24-14-10-7-11-15-24)27-18-23(30(32,33)34)16-17-25(27)31/h6-18,21,26H,4-5,19-20H2,1-3H3,(H,35,39)/t21-,26-/m1/s1. The first-order valence-electron chi connectivity index (χ1n) is 13.4. The van der Waals surface area contributed by atoms with E-state index in [4.69, 9.17) is 11.6 Å². The van der Waals surface area contributed by atoms with Crippen LogP contribution in [0.4, 0.5) is 18.9 Å². The van der Waals surface area contributed by atoms with Crippen molar-refractivity contribution in [3.63, 3.8) is 0 Å². The summed E-state index contributed by atoms with van der Waals surface area (Å²) in [4.78, 5) is 28.3. The number of nitrogens with zero attached hydrogens (tertiary/aromatic N) is 2. The number of carbonyl (C=O) groups excluding carboxylic acids is 2. The van der Waals surface area contributed by atoms with Gasteiger partial charge in [-0.25, -0.2) is 8.42 Å². The first-order valence-corrected chi connectivity index (χ1v) is 15.2. The lowest BCUT2D eigenvalue weighted by Crippen LogP contribution is -2.53. The zero-order chi connectivity index (χ0) is 31.1. The minimum absolute atomic E-state index is 0.0400. The Kier molecular flexibility index (Phi) is 11.0. The summed E-state index contributed by atoms with van der Waals surface area (Å²) in [6.45, 7) is 4.48. The van der Waals surface area contributed by atoms with Crippen LogP contribution in [0, 0.1) is 0 Å². The molecular weight excluding hydrogens is 591 g/mol. The molecule has 2 atom stereocenters. The molecule has 3 aromatic carbocycles. The van der Waals surface area contributed by atoms with Crippen LogP contribution >= 0.6 is 11.6 Å². The quantitative estimate of drug-likeness (QED) is 0.257. The molecule has 42 heavy (non-hydrogen) atoms. The van der Waals surface area contributed by atoms with Gasteiger partial charge in [0, 0.05) is 12.6 Å². The highest BCUT2D eigenvalue weighted by molar-refractivity contribution is 7.92. The Morgan fingerprint density at radius 3 is 2.07 bits per heavy atom. The van der Waals surface area contributed by atoms with E-state index in [1.807, 2.05) is 13.8 Å². The van der Waals surface area contributed by atoms with Crippen LogP contribution < -0.4 is 9.62 Å². The molecule has 2 amide bonds. The number of alkyl halides is 3. The van der Waals surface area contributed by atoms with Crippen molar-refractivity contribution in [1.29, 1.82) is 0 Å². The summed E-state index contributed by atoms with van der Waals surface area (Å²) in [5.41, 5.74) is -0.973. The van der Waals surface area contributed by atoms with Crippen molar-refractivity contribution >= 4 is 39.1 Å². The summed E-state index contributed by atoms with van der Waals surface area (Å²) in [5.74, 6) is -1.22. The number of nitrogens with one attached hydrogen (secondary N) is 1. The number of sulfonamides is 1. The normalized spacial score (nSPS) is 13.2. The maximum Gasteiger partial charge on any atom is 0.416 e. The fourth-order valence-electron chi connectivity index (χ4n) is 4.25. The Hall–Kier alpha value is -3.57. The van der Waals surface area contributed by atoms with E-state index in [2.05, 4.69) is 5.32 Å². The third kappa shape index (κ3) is 8.04. The van der Waals surface area contributed by atoms with Crippen LogP contribution in [-0.4, -0.2) is 43.8 Å². The van der Waals surface area contributed by atoms with Gasteiger partial charge < -0.3 is 10.2 Å². The number of hydrogen-bond acceptors (Lipinski definition) is 4. The highest BCUT2D eigenvalue weighted by Crippen LogP contribution is 2.37. The van der Waals surface area contributed by atoms with E-state index < -0.39 is 51.9 Å². The molecule has 0 unspecified atom stereocenters. The zero-order valence-corrected chi connectivity index (χ0v) is 25.0. The van der Waals surface area contributed by atoms with E-state index in [1.54, 1.807) is 43.3 Å². The molecule has 0 aliphatic heterocycles. The van der Waals surface area contributed by atoms with Crippen LogP contribution in [0.2, 0.25) is 5.02 Å². The summed E-state index contributed by atoms with van der Waals surface area (Å²) < 4.78 is 69.3. The minimum atomic E-state index is -4.80. The lowest BCUT2D eigenvalue weighted by Gasteiger charge is -2.34. The molecule has 0 saturated heterocycles. The molecule has 0 aliphatic carbocycles. The van der Waals surface area contributed by atoms with Gasteiger partial charge in [-0.15, -0.1) is 0 Å². The number of amides is 2. The Balaban J connectivity index is 2.14. The molecule has 1 N–H and O–H groups in total. The van der Waals surface area contributed by atoms with Crippen molar-refractivity contribution in [2.75, 3.05) is 10.8 Å². The topological polar surface area (TPSA) is 86.8 Å². The van der Waals surface area contributed by atoms with E-state index in [1.165, 1.54) is 29.2 Å². The monoisotopic (exact) mass is 623 g/mol. The number of anilines is 1. The molecule has 0 radical (unpaired) electrons. The second-order valence-electron chi connectivity index (χ2n) is 9.74. The minimum Gasteiger partial charge on any atom is -0.352 e. The molecule has 3 aromatic rings. The third-order valence-electron chi connectivity index (χ3n) is 6.73. The van der Waals surface area contributed by atoms with Gasteiger partial charge in [-0.05, 0) is 55.7 Å². The Bertz CT molecular complexity index is 1470. The molecule has 0 saturated carbocycles. The van der Waals surface area contributed by atoms with Gasteiger partial charge in [0.1, 0.15) is 12.6 Å². The van der Waals surface area contributed by atoms with Gasteiger partial charge in [0.15, 0.2) is 0 Å². The molecule has 12 heteroatoms. The Morgan fingerprint density at radius 1 is 0.929 bits per heavy atom. The smallest absolute Gasteiger partial charge is 0.352 e. The summed E-state index contributed by atoms with van der Waals surface area (Å²) >= 11 is 6.28. The highest BCUT2D eigenvalue weighted by atomic mass is 35.5. The second-order valence-corrected chi connectivity index (χ2v) is 12.0. The van der Waals surface area contributed by atoms with E-state index in [-0.39, 0.29) is 28.9 Å². The molecule has 0 bridgehead atoms. The molecule has 0 aliphatic rings. The first kappa shape index (κ1) is 32.9. The summed E-state index contributed by atoms with van der Waals surface area (Å²) in [5, 5.41) is 2.57. The van der Waals surface area contributed by atoms with Crippen LogP contribution in [0.15, 0.2) is 83.8 Å². The molecule has 7 nitrogen and oxygen atoms in total. The van der Waals surface area contributed by atoms with Crippen molar-refractivity contribution in [3.05, 3.63) is 95.0 Å². The van der Waals surface area contributed by atoms with Crippen molar-refractivity contribution in [2.24, 2.45) is 0 Å². The van der Waals surface area contributed by atoms with Crippen LogP contribution in [-0.2, 0) is 32.3 Å². The predicted octanol–water partition coefficient (Wildman–Crippen LogP) is 6.28. The summed E-state index contributed by atoms with van der Waals surface area (Å²) in [6.07, 6.45) is -3.95. The lowest BCUT2D eigenvalue weighted by atomic mass is 10.1. The molecule has 0 aromatic heterocycles. The molecular formula is C30H33ClF3N3O4S. The summed E-state index contributed by atoms with van der Waals surface area (Å²) in [6, 6.07) is 16.9. The first-order chi connectivity index (χ1) is 19.8. The van der Waals surface area contributed by atoms with Crippen LogP contribution in [0.5, 0.6) is 0 Å². The van der Waals surface area contributed by atoms with Gasteiger partial charge in [-0.2, -0.15) is 13.2 Å². The van der Waals surface area contributed by atoms with Crippen molar-refractivity contribution in [2.45, 2.75) is 63.3 Å². The number of rotatable bonds is 12. The van der Waals surface area contributed by atoms with Crippen LogP contribution in [0.3, 0.4) is 0 Å². The van der Waals surface area contributed by atoms with Gasteiger partial charge in [-0.1, -0.05) is 74.0 Å². The maximum atomic E-state index is 14.0. The Morgan fingerprint density at radius 2 is 1.52 bits per heavy atom. The van der Waals surface area contributed by atoms with Crippen molar-refractivity contribution < 1.29 is 31.2 Å². The highest BCUT2D eigenvalue weighted by Gasteiger charge is 2.37. The van der Waals surface area contributed by atoms with E-state index in [0.29, 0.717) is 22.4 Å². The molecule has 0 spiro atoms. The summed E-state index contributed by atoms with van der Waals surface area (Å²) in [7, 11) is -4.58. The SMILES string of the molecule is CC[C@@H](C)NC(=O)[C@@H](CC)N(Cc1ccccc1)C(=O)CN(c1cc(C(F)(F)F)ccc1Cl)S(=O)(=O)c1ccccc1. The Labute approximate surface area is 249 Å². The van der Waals surface area contributed by atoms with E-state index >= 15 is 0 Å². The number of halogens is 4. The lowest BCUT2D eigenvalue weighted by molar-refractivity contribution is -0.140. The van der Waals surface area contributed by atoms with Crippen molar-refractivity contribution in [3.8, 4) is 0 Å². The van der Waals surface area contributed by atoms with Crippen molar-refractivity contribution in [1.82, 2.24) is 10.2 Å². The third-order valence-corrected chi connectivity index (χ3v) is 8.83. The van der Waals surface area contributed by atoms with Crippen LogP contribution in [0.1, 0.15) is 44.7 Å². The zero-order valence-electron chi connectivity index (χ0n) is 23.4. The average molecular weight is 624 g/mol. The number of carbonyl (C=O) groups is 2. The van der Waals surface area contributed by atoms with Gasteiger partial charge in [0.05, 0.1) is 21.2 Å². The van der Waals surface area contributed by atoms with Gasteiger partial charge in [-0.3, -0.25) is 13.9 Å². The molecule has 0 fully saturated rings. The fraction of sp³-hybridized carbons (Fsp3) is 0.333. The van der Waals surface area contributed by atoms with Gasteiger partial charge >= 0.3 is 6.18 Å². The van der Waals surface area contributed by atoms with Crippen LogP contribution in [0.25, 0.3) is 0 Å². The van der Waals surface area contributed by atoms with E-state index in [9.17, 15) is 31.2 Å². The van der Waals surface area contributed by atoms with Gasteiger partial charge in [0.2, 0.25) is 11.8 Å². The molecule has 3 rings (SSSR count). The maximum absolute atomic E-state index is 14.0. The van der Waals surface area contributed by atoms with E-state index in [0.717, 1.165) is 12.1 Å². The molecule has 0 heterocycles. The average Bonchev–Trinajstić information content (AvgIpc) is 2.96. The molecule has 226 valence electrons. The largest absolute Gasteiger partial charge is 0.416 e. The van der Waals surface area contributed by atoms with Gasteiger partial charge in [0.25, 0.3) is 10.0 Å². The fourth-order valence-corrected chi connectivity index (χ4v) is 5.97. The second kappa shape index (κ2) is 14.1. The number of hydrogen-bond donors (Lipinski definition) is 1. The predicted molar refractivity (Wildman–Crippen MR) is 156 cm³/mol.